The van der Waals surface area contributed by atoms with Gasteiger partial charge in [0.25, 0.3) is 0 Å². The summed E-state index contributed by atoms with van der Waals surface area (Å²) in [6, 6.07) is -4.65. The van der Waals surface area contributed by atoms with Crippen molar-refractivity contribution in [2.24, 2.45) is 0 Å². The highest BCUT2D eigenvalue weighted by atomic mass is 14.2. The van der Waals surface area contributed by atoms with Gasteiger partial charge in [-0.25, -0.2) is 0 Å². The highest BCUT2D eigenvalue weighted by Crippen LogP contribution is 2.47. The summed E-state index contributed by atoms with van der Waals surface area (Å²) in [6.07, 6.45) is 0. The summed E-state index contributed by atoms with van der Waals surface area (Å²) in [6.45, 7) is 0. The molecule has 0 aromatic heterocycles. The van der Waals surface area contributed by atoms with E-state index in [2.05, 4.69) is 0 Å². The van der Waals surface area contributed by atoms with Gasteiger partial charge in [0.05, 0.1) is 28.8 Å². The van der Waals surface area contributed by atoms with E-state index in [0.717, 1.165) is 5.39 Å². The van der Waals surface area contributed by atoms with E-state index in [-0.39, 0.29) is 21.9 Å². The van der Waals surface area contributed by atoms with Gasteiger partial charge >= 0.3 is 0 Å². The summed E-state index contributed by atoms with van der Waals surface area (Å²) in [5.41, 5.74) is -2.41. The molecule has 0 heterocycles. The predicted molar refractivity (Wildman–Crippen MR) is 190 cm³/mol. The van der Waals surface area contributed by atoms with Crippen molar-refractivity contribution in [1.82, 2.24) is 0 Å². The fourth-order valence-corrected chi connectivity index (χ4v) is 5.66. The van der Waals surface area contributed by atoms with Crippen LogP contribution in [0.1, 0.15) is 28.8 Å². The van der Waals surface area contributed by atoms with Crippen LogP contribution in [0.2, 0.25) is 0 Å². The molecular weight excluding hydrogens is 528 g/mol. The molecule has 0 aliphatic carbocycles. The largest absolute Gasteiger partial charge is 0.0636 e. The summed E-state index contributed by atoms with van der Waals surface area (Å²) in [5.74, 6) is 0. The predicted octanol–water partition coefficient (Wildman–Crippen LogP) is 12.5. The number of hydrogen-bond acceptors (Lipinski definition) is 0. The highest BCUT2D eigenvalue weighted by molar-refractivity contribution is 6.25. The van der Waals surface area contributed by atoms with Crippen LogP contribution in [0.4, 0.5) is 0 Å². The molecule has 0 saturated heterocycles. The van der Waals surface area contributed by atoms with Gasteiger partial charge < -0.3 is 0 Å². The van der Waals surface area contributed by atoms with Crippen molar-refractivity contribution in [3.8, 4) is 33.4 Å². The van der Waals surface area contributed by atoms with E-state index in [1.807, 2.05) is 6.07 Å². The van der Waals surface area contributed by atoms with Crippen LogP contribution in [0.25, 0.3) is 87.2 Å². The molecular formula is C44H28. The summed E-state index contributed by atoms with van der Waals surface area (Å²) >= 11 is 0. The first-order valence-corrected chi connectivity index (χ1v) is 13.6. The second kappa shape index (κ2) is 9.93. The van der Waals surface area contributed by atoms with Crippen molar-refractivity contribution in [2.75, 3.05) is 0 Å². The Hall–Kier alpha value is -5.72. The van der Waals surface area contributed by atoms with E-state index < -0.39 is 181 Å². The molecule has 0 aliphatic heterocycles. The minimum absolute atomic E-state index is 0.116. The fourth-order valence-electron chi connectivity index (χ4n) is 5.66. The van der Waals surface area contributed by atoms with Crippen LogP contribution in [0.15, 0.2) is 169 Å². The Morgan fingerprint density at radius 3 is 1.70 bits per heavy atom. The lowest BCUT2D eigenvalue weighted by Crippen LogP contribution is -1.93. The molecule has 0 saturated carbocycles. The molecule has 44 heavy (non-hydrogen) atoms. The molecule has 0 nitrogen and oxygen atoms in total. The van der Waals surface area contributed by atoms with Crippen molar-refractivity contribution >= 4 is 53.9 Å². The molecule has 9 rings (SSSR count). The van der Waals surface area contributed by atoms with Gasteiger partial charge in [0.2, 0.25) is 0 Å². The van der Waals surface area contributed by atoms with E-state index >= 15 is 0 Å². The zero-order chi connectivity index (χ0) is 47.3. The molecule has 0 unspecified atom stereocenters. The lowest BCUT2D eigenvalue weighted by molar-refractivity contribution is 1.66. The molecule has 0 spiro atoms. The molecule has 0 radical (unpaired) electrons. The molecule has 0 aliphatic rings. The second-order valence-electron chi connectivity index (χ2n) is 10.1. The lowest BCUT2D eigenvalue weighted by Gasteiger charge is -2.21. The minimum atomic E-state index is -0.887. The van der Waals surface area contributed by atoms with Crippen LogP contribution >= 0.6 is 0 Å². The molecule has 204 valence electrons. The smallest absolute Gasteiger partial charge is 0.0616 e. The van der Waals surface area contributed by atoms with Crippen LogP contribution in [0.3, 0.4) is 0 Å². The third-order valence-corrected chi connectivity index (χ3v) is 7.60. The molecule has 9 aromatic carbocycles. The van der Waals surface area contributed by atoms with Crippen LogP contribution in [0, 0.1) is 0 Å². The standard InChI is InChI=1S/C44H28/c1-4-13-32-26-35(23-20-29(32)10-1)38-18-9-19-41-42(36-24-21-30-11-2-5-14-33(30)27-36)39-16-7-8-17-40(39)43(44(38)41)37-25-22-31-12-3-6-15-34(31)28-37/h1-28H/i1D,3D,4D,6D,7D,8D,9D,10D,12D,13D,15D,16D,17D,18D,19D,20D,22D,23D,25D,26D,28D. The average molecular weight is 578 g/mol. The van der Waals surface area contributed by atoms with Crippen molar-refractivity contribution in [2.45, 2.75) is 0 Å². The molecule has 9 aromatic rings. The average Bonchev–Trinajstić information content (AvgIpc) is 3.29. The molecule has 0 heteroatoms. The Balaban J connectivity index is 1.70. The topological polar surface area (TPSA) is 0 Å². The number of benzene rings is 9. The van der Waals surface area contributed by atoms with E-state index in [1.165, 1.54) is 0 Å². The zero-order valence-corrected chi connectivity index (χ0v) is 22.5. The second-order valence-corrected chi connectivity index (χ2v) is 10.1. The van der Waals surface area contributed by atoms with Gasteiger partial charge in [0.1, 0.15) is 0 Å². The number of hydrogen-bond donors (Lipinski definition) is 0. The third kappa shape index (κ3) is 3.92. The van der Waals surface area contributed by atoms with Gasteiger partial charge in [-0.15, -0.1) is 0 Å². The lowest BCUT2D eigenvalue weighted by atomic mass is 9.82. The Morgan fingerprint density at radius 1 is 0.364 bits per heavy atom. The normalized spacial score (nSPS) is 18.3. The highest BCUT2D eigenvalue weighted by Gasteiger charge is 2.20. The van der Waals surface area contributed by atoms with Gasteiger partial charge in [-0.3, -0.25) is 0 Å². The molecule has 0 atom stereocenters. The SMILES string of the molecule is [2H]c1c([2H])c([2H])c2c([2H])c(-c3c([2H])c([2H])c([2H])c4c(-c5ccc6ccccc6c5)c5c([2H])c([2H])c([2H])c([2H])c5c(-c5c([2H])c([2H])c6c([2H])c([2H])c([2H])c([2H])c6c5[2H])c34)c([2H])c([2H])c2c1[2H]. The molecule has 0 N–H and O–H groups in total. The van der Waals surface area contributed by atoms with Gasteiger partial charge in [0.15, 0.2) is 0 Å². The van der Waals surface area contributed by atoms with Crippen molar-refractivity contribution < 1.29 is 28.8 Å². The van der Waals surface area contributed by atoms with Gasteiger partial charge in [-0.2, -0.15) is 0 Å². The maximum atomic E-state index is 9.68. The number of rotatable bonds is 3. The fraction of sp³-hybridized carbons (Fsp3) is 0. The molecule has 0 bridgehead atoms. The van der Waals surface area contributed by atoms with Crippen LogP contribution in [-0.2, 0) is 0 Å². The maximum absolute atomic E-state index is 9.68. The van der Waals surface area contributed by atoms with E-state index in [0.29, 0.717) is 5.39 Å². The van der Waals surface area contributed by atoms with Crippen molar-refractivity contribution in [1.29, 1.82) is 0 Å². The Morgan fingerprint density at radius 2 is 0.955 bits per heavy atom. The minimum Gasteiger partial charge on any atom is -0.0616 e. The van der Waals surface area contributed by atoms with Crippen molar-refractivity contribution in [3.05, 3.63) is 169 Å². The first kappa shape index (κ1) is 11.8. The van der Waals surface area contributed by atoms with E-state index in [1.54, 1.807) is 36.4 Å². The molecule has 0 fully saturated rings. The van der Waals surface area contributed by atoms with Crippen LogP contribution in [0.5, 0.6) is 0 Å². The van der Waals surface area contributed by atoms with Gasteiger partial charge in [-0.1, -0.05) is 151 Å². The number of fused-ring (bicyclic) bond motifs is 5. The first-order valence-electron chi connectivity index (χ1n) is 24.1. The Bertz CT molecular complexity index is 3730. The maximum Gasteiger partial charge on any atom is 0.0636 e. The van der Waals surface area contributed by atoms with Crippen molar-refractivity contribution in [3.63, 3.8) is 0 Å². The monoisotopic (exact) mass is 577 g/mol. The zero-order valence-electron chi connectivity index (χ0n) is 43.5. The summed E-state index contributed by atoms with van der Waals surface area (Å²) in [5, 5.41) is -2.35. The van der Waals surface area contributed by atoms with E-state index in [9.17, 15) is 13.7 Å². The first-order chi connectivity index (χ1) is 30.6. The quantitative estimate of drug-likeness (QED) is 0.183. The van der Waals surface area contributed by atoms with Crippen LogP contribution in [-0.4, -0.2) is 0 Å². The Kier molecular flexibility index (Phi) is 2.65. The van der Waals surface area contributed by atoms with Crippen LogP contribution < -0.4 is 0 Å². The summed E-state index contributed by atoms with van der Waals surface area (Å²) < 4.78 is 190. The van der Waals surface area contributed by atoms with Gasteiger partial charge in [-0.05, 0) is 105 Å². The third-order valence-electron chi connectivity index (χ3n) is 7.60. The Labute approximate surface area is 286 Å². The van der Waals surface area contributed by atoms with E-state index in [4.69, 9.17) is 15.1 Å². The summed E-state index contributed by atoms with van der Waals surface area (Å²) in [4.78, 5) is 0. The summed E-state index contributed by atoms with van der Waals surface area (Å²) in [7, 11) is 0. The van der Waals surface area contributed by atoms with Gasteiger partial charge in [0, 0.05) is 0 Å². The molecule has 0 amide bonds.